The fraction of sp³-hybridized carbons (Fsp3) is 0.308. The standard InChI is InChI=1S/C13H15Cl2N3O/c1-3-4-11-12(16)13(19)18(17(11)2)10-6-5-8(14)7-9(10)15/h5-7H,3-4,16H2,1-2H3. The molecular weight excluding hydrogens is 285 g/mol. The minimum Gasteiger partial charge on any atom is -0.393 e. The maximum atomic E-state index is 12.2. The van der Waals surface area contributed by atoms with Gasteiger partial charge in [0.25, 0.3) is 5.56 Å². The van der Waals surface area contributed by atoms with Gasteiger partial charge in [0, 0.05) is 12.1 Å². The molecule has 4 nitrogen and oxygen atoms in total. The van der Waals surface area contributed by atoms with Gasteiger partial charge in [-0.2, -0.15) is 0 Å². The second-order valence-electron chi connectivity index (χ2n) is 4.35. The Bertz CT molecular complexity index is 673. The van der Waals surface area contributed by atoms with Crippen LogP contribution in [0.4, 0.5) is 5.69 Å². The third-order valence-corrected chi connectivity index (χ3v) is 3.59. The molecule has 2 aromatic rings. The second-order valence-corrected chi connectivity index (χ2v) is 5.19. The summed E-state index contributed by atoms with van der Waals surface area (Å²) >= 11 is 12.0. The molecule has 1 aromatic carbocycles. The highest BCUT2D eigenvalue weighted by atomic mass is 35.5. The molecule has 0 amide bonds. The molecule has 102 valence electrons. The third-order valence-electron chi connectivity index (χ3n) is 3.05. The molecule has 0 saturated carbocycles. The van der Waals surface area contributed by atoms with Crippen LogP contribution in [0.2, 0.25) is 10.0 Å². The molecule has 0 fully saturated rings. The van der Waals surface area contributed by atoms with Crippen molar-refractivity contribution in [2.75, 3.05) is 5.73 Å². The Morgan fingerprint density at radius 2 is 2.00 bits per heavy atom. The monoisotopic (exact) mass is 299 g/mol. The molecule has 2 N–H and O–H groups in total. The number of aromatic nitrogens is 2. The van der Waals surface area contributed by atoms with E-state index in [-0.39, 0.29) is 11.2 Å². The Balaban J connectivity index is 2.69. The van der Waals surface area contributed by atoms with Crippen LogP contribution in [0.5, 0.6) is 0 Å². The fourth-order valence-corrected chi connectivity index (χ4v) is 2.61. The number of halogens is 2. The maximum absolute atomic E-state index is 12.2. The molecule has 0 atom stereocenters. The van der Waals surface area contributed by atoms with Gasteiger partial charge in [-0.05, 0) is 24.6 Å². The SMILES string of the molecule is CCCc1c(N)c(=O)n(-c2ccc(Cl)cc2Cl)n1C. The lowest BCUT2D eigenvalue weighted by molar-refractivity contribution is 0.610. The zero-order valence-electron chi connectivity index (χ0n) is 10.8. The van der Waals surface area contributed by atoms with Crippen LogP contribution >= 0.6 is 23.2 Å². The largest absolute Gasteiger partial charge is 0.393 e. The topological polar surface area (TPSA) is 53.0 Å². The lowest BCUT2D eigenvalue weighted by atomic mass is 10.2. The van der Waals surface area contributed by atoms with Gasteiger partial charge in [-0.25, -0.2) is 4.68 Å². The summed E-state index contributed by atoms with van der Waals surface area (Å²) in [5.41, 5.74) is 7.30. The summed E-state index contributed by atoms with van der Waals surface area (Å²) < 4.78 is 3.22. The lowest BCUT2D eigenvalue weighted by Crippen LogP contribution is -2.21. The minimum absolute atomic E-state index is 0.254. The fourth-order valence-electron chi connectivity index (χ4n) is 2.13. The summed E-state index contributed by atoms with van der Waals surface area (Å²) in [5, 5.41) is 0.941. The first kappa shape index (κ1) is 14.0. The molecule has 0 spiro atoms. The Morgan fingerprint density at radius 1 is 1.32 bits per heavy atom. The molecule has 0 radical (unpaired) electrons. The number of nitrogens with two attached hydrogens (primary N) is 1. The molecule has 0 saturated heterocycles. The van der Waals surface area contributed by atoms with Gasteiger partial charge >= 0.3 is 0 Å². The number of anilines is 1. The van der Waals surface area contributed by atoms with E-state index in [0.717, 1.165) is 18.5 Å². The van der Waals surface area contributed by atoms with Crippen LogP contribution in [0, 0.1) is 0 Å². The summed E-state index contributed by atoms with van der Waals surface area (Å²) in [6.45, 7) is 2.04. The highest BCUT2D eigenvalue weighted by Crippen LogP contribution is 2.24. The van der Waals surface area contributed by atoms with Gasteiger partial charge < -0.3 is 5.73 Å². The van der Waals surface area contributed by atoms with Gasteiger partial charge in [0.05, 0.1) is 16.4 Å². The molecule has 2 rings (SSSR count). The lowest BCUT2D eigenvalue weighted by Gasteiger charge is -2.11. The molecule has 0 bridgehead atoms. The second kappa shape index (κ2) is 5.31. The van der Waals surface area contributed by atoms with E-state index in [9.17, 15) is 4.79 Å². The summed E-state index contributed by atoms with van der Waals surface area (Å²) in [4.78, 5) is 12.2. The Hall–Kier alpha value is -1.39. The molecular formula is C13H15Cl2N3O. The molecule has 6 heteroatoms. The quantitative estimate of drug-likeness (QED) is 0.947. The van der Waals surface area contributed by atoms with Crippen molar-refractivity contribution in [3.8, 4) is 5.69 Å². The van der Waals surface area contributed by atoms with Gasteiger partial charge in [-0.15, -0.1) is 0 Å². The van der Waals surface area contributed by atoms with E-state index in [1.54, 1.807) is 29.9 Å². The first-order valence-electron chi connectivity index (χ1n) is 5.99. The van der Waals surface area contributed by atoms with E-state index in [0.29, 0.717) is 15.7 Å². The Morgan fingerprint density at radius 3 is 2.58 bits per heavy atom. The van der Waals surface area contributed by atoms with Crippen LogP contribution in [-0.4, -0.2) is 9.36 Å². The predicted molar refractivity (Wildman–Crippen MR) is 79.4 cm³/mol. The van der Waals surface area contributed by atoms with E-state index in [2.05, 4.69) is 0 Å². The average Bonchev–Trinajstić information content (AvgIpc) is 2.55. The molecule has 1 heterocycles. The molecule has 1 aromatic heterocycles. The van der Waals surface area contributed by atoms with E-state index in [4.69, 9.17) is 28.9 Å². The van der Waals surface area contributed by atoms with Crippen LogP contribution < -0.4 is 11.3 Å². The van der Waals surface area contributed by atoms with Gasteiger partial charge in [-0.1, -0.05) is 36.5 Å². The highest BCUT2D eigenvalue weighted by Gasteiger charge is 2.17. The number of nitrogen functional groups attached to an aromatic ring is 1. The zero-order chi connectivity index (χ0) is 14.2. The highest BCUT2D eigenvalue weighted by molar-refractivity contribution is 6.35. The van der Waals surface area contributed by atoms with Gasteiger partial charge in [0.2, 0.25) is 0 Å². The van der Waals surface area contributed by atoms with Crippen molar-refractivity contribution in [3.63, 3.8) is 0 Å². The number of benzene rings is 1. The van der Waals surface area contributed by atoms with Crippen molar-refractivity contribution in [1.29, 1.82) is 0 Å². The van der Waals surface area contributed by atoms with Crippen molar-refractivity contribution in [3.05, 3.63) is 44.3 Å². The number of nitrogens with zero attached hydrogens (tertiary/aromatic N) is 2. The summed E-state index contributed by atoms with van der Waals surface area (Å²) in [6.07, 6.45) is 1.66. The van der Waals surface area contributed by atoms with E-state index < -0.39 is 0 Å². The van der Waals surface area contributed by atoms with E-state index in [1.807, 2.05) is 6.92 Å². The van der Waals surface area contributed by atoms with Crippen LogP contribution in [0.3, 0.4) is 0 Å². The Kier molecular flexibility index (Phi) is 3.92. The predicted octanol–water partition coefficient (Wildman–Crippen LogP) is 3.02. The normalized spacial score (nSPS) is 10.9. The van der Waals surface area contributed by atoms with Gasteiger partial charge in [0.1, 0.15) is 5.69 Å². The minimum atomic E-state index is -0.254. The molecule has 0 aliphatic carbocycles. The van der Waals surface area contributed by atoms with Crippen molar-refractivity contribution < 1.29 is 0 Å². The number of hydrogen-bond acceptors (Lipinski definition) is 2. The van der Waals surface area contributed by atoms with Crippen molar-refractivity contribution in [2.45, 2.75) is 19.8 Å². The smallest absolute Gasteiger partial charge is 0.294 e. The van der Waals surface area contributed by atoms with Crippen LogP contribution in [0.25, 0.3) is 5.69 Å². The van der Waals surface area contributed by atoms with E-state index in [1.165, 1.54) is 4.68 Å². The van der Waals surface area contributed by atoms with Gasteiger partial charge in [0.15, 0.2) is 0 Å². The summed E-state index contributed by atoms with van der Waals surface area (Å²) in [7, 11) is 1.80. The van der Waals surface area contributed by atoms with Crippen molar-refractivity contribution in [2.24, 2.45) is 7.05 Å². The number of hydrogen-bond donors (Lipinski definition) is 1. The third kappa shape index (κ3) is 2.38. The molecule has 0 aliphatic rings. The average molecular weight is 300 g/mol. The van der Waals surface area contributed by atoms with Crippen molar-refractivity contribution >= 4 is 28.9 Å². The van der Waals surface area contributed by atoms with Gasteiger partial charge in [-0.3, -0.25) is 9.48 Å². The van der Waals surface area contributed by atoms with Crippen LogP contribution in [0.15, 0.2) is 23.0 Å². The molecule has 19 heavy (non-hydrogen) atoms. The van der Waals surface area contributed by atoms with Crippen molar-refractivity contribution in [1.82, 2.24) is 9.36 Å². The maximum Gasteiger partial charge on any atom is 0.294 e. The number of rotatable bonds is 3. The van der Waals surface area contributed by atoms with Crippen LogP contribution in [-0.2, 0) is 13.5 Å². The first-order chi connectivity index (χ1) is 8.97. The Labute approximate surface area is 121 Å². The summed E-state index contributed by atoms with van der Waals surface area (Å²) in [6, 6.07) is 5.01. The van der Waals surface area contributed by atoms with E-state index >= 15 is 0 Å². The van der Waals surface area contributed by atoms with Crippen LogP contribution in [0.1, 0.15) is 19.0 Å². The summed E-state index contributed by atoms with van der Waals surface area (Å²) in [5.74, 6) is 0. The molecule has 0 aliphatic heterocycles. The zero-order valence-corrected chi connectivity index (χ0v) is 12.3. The first-order valence-corrected chi connectivity index (χ1v) is 6.74. The molecule has 0 unspecified atom stereocenters.